The quantitative estimate of drug-likeness (QED) is 0.761. The van der Waals surface area contributed by atoms with E-state index in [1.807, 2.05) is 35.2 Å². The SMILES string of the molecule is COCCOC1CCN(C(=O)[C@H]2OCC(=O)N[C@@H]2c2ccccc2)CC1. The first-order valence-corrected chi connectivity index (χ1v) is 9.04. The number of nitrogens with zero attached hydrogens (tertiary/aromatic N) is 1. The van der Waals surface area contributed by atoms with Crippen LogP contribution in [0, 0.1) is 0 Å². The number of carbonyl (C=O) groups is 2. The molecular formula is C19H26N2O5. The number of hydrogen-bond acceptors (Lipinski definition) is 5. The third kappa shape index (κ3) is 4.60. The summed E-state index contributed by atoms with van der Waals surface area (Å²) in [7, 11) is 1.65. The summed E-state index contributed by atoms with van der Waals surface area (Å²) in [6.07, 6.45) is 1.06. The molecule has 2 saturated heterocycles. The summed E-state index contributed by atoms with van der Waals surface area (Å²) in [6, 6.07) is 9.02. The van der Waals surface area contributed by atoms with Crippen molar-refractivity contribution in [1.29, 1.82) is 0 Å². The first-order chi connectivity index (χ1) is 12.7. The Morgan fingerprint density at radius 3 is 2.65 bits per heavy atom. The van der Waals surface area contributed by atoms with Crippen molar-refractivity contribution < 1.29 is 23.8 Å². The van der Waals surface area contributed by atoms with Crippen molar-refractivity contribution in [3.63, 3.8) is 0 Å². The Morgan fingerprint density at radius 2 is 1.96 bits per heavy atom. The maximum atomic E-state index is 13.0. The summed E-state index contributed by atoms with van der Waals surface area (Å²) in [6.45, 7) is 2.32. The van der Waals surface area contributed by atoms with Crippen LogP contribution in [0.25, 0.3) is 0 Å². The molecule has 2 aliphatic rings. The van der Waals surface area contributed by atoms with E-state index in [4.69, 9.17) is 14.2 Å². The minimum absolute atomic E-state index is 0.0748. The van der Waals surface area contributed by atoms with Gasteiger partial charge in [-0.15, -0.1) is 0 Å². The number of morpholine rings is 1. The number of hydrogen-bond donors (Lipinski definition) is 1. The minimum Gasteiger partial charge on any atom is -0.382 e. The first-order valence-electron chi connectivity index (χ1n) is 9.04. The maximum Gasteiger partial charge on any atom is 0.254 e. The Morgan fingerprint density at radius 1 is 1.23 bits per heavy atom. The zero-order valence-electron chi connectivity index (χ0n) is 15.1. The van der Waals surface area contributed by atoms with Crippen molar-refractivity contribution in [2.45, 2.75) is 31.1 Å². The molecule has 0 radical (unpaired) electrons. The van der Waals surface area contributed by atoms with Gasteiger partial charge >= 0.3 is 0 Å². The molecule has 3 rings (SSSR count). The van der Waals surface area contributed by atoms with Crippen LogP contribution >= 0.6 is 0 Å². The van der Waals surface area contributed by atoms with Crippen LogP contribution in [0.15, 0.2) is 30.3 Å². The lowest BCUT2D eigenvalue weighted by Crippen LogP contribution is -2.54. The molecule has 1 aromatic carbocycles. The molecule has 2 aliphatic heterocycles. The monoisotopic (exact) mass is 362 g/mol. The molecule has 0 saturated carbocycles. The number of likely N-dealkylation sites (tertiary alicyclic amines) is 1. The summed E-state index contributed by atoms with van der Waals surface area (Å²) in [5.41, 5.74) is 0.872. The first kappa shape index (κ1) is 18.8. The van der Waals surface area contributed by atoms with Gasteiger partial charge in [0.05, 0.1) is 25.4 Å². The minimum atomic E-state index is -0.693. The molecule has 0 aromatic heterocycles. The largest absolute Gasteiger partial charge is 0.382 e. The van der Waals surface area contributed by atoms with Gasteiger partial charge in [0.1, 0.15) is 6.61 Å². The summed E-state index contributed by atoms with van der Waals surface area (Å²) in [5, 5.41) is 2.90. The Balaban J connectivity index is 1.60. The molecular weight excluding hydrogens is 336 g/mol. The van der Waals surface area contributed by atoms with Crippen LogP contribution in [-0.2, 0) is 23.8 Å². The molecule has 1 N–H and O–H groups in total. The Labute approximate surface area is 153 Å². The average Bonchev–Trinajstić information content (AvgIpc) is 2.69. The van der Waals surface area contributed by atoms with E-state index in [1.54, 1.807) is 7.11 Å². The van der Waals surface area contributed by atoms with Crippen LogP contribution in [0.2, 0.25) is 0 Å². The summed E-state index contributed by atoms with van der Waals surface area (Å²) in [4.78, 5) is 26.6. The zero-order chi connectivity index (χ0) is 18.4. The van der Waals surface area contributed by atoms with Crippen LogP contribution in [-0.4, -0.2) is 68.9 Å². The fourth-order valence-electron chi connectivity index (χ4n) is 3.41. The molecule has 7 heteroatoms. The number of benzene rings is 1. The van der Waals surface area contributed by atoms with Gasteiger partial charge < -0.3 is 24.4 Å². The molecule has 2 atom stereocenters. The smallest absolute Gasteiger partial charge is 0.254 e. The Hall–Kier alpha value is -1.96. The van der Waals surface area contributed by atoms with Crippen molar-refractivity contribution in [1.82, 2.24) is 10.2 Å². The number of amides is 2. The Bertz CT molecular complexity index is 601. The van der Waals surface area contributed by atoms with E-state index in [-0.39, 0.29) is 24.5 Å². The molecule has 1 aromatic rings. The van der Waals surface area contributed by atoms with E-state index in [9.17, 15) is 9.59 Å². The van der Waals surface area contributed by atoms with E-state index in [2.05, 4.69) is 5.32 Å². The molecule has 0 bridgehead atoms. The second-order valence-electron chi connectivity index (χ2n) is 6.58. The predicted molar refractivity (Wildman–Crippen MR) is 94.5 cm³/mol. The lowest BCUT2D eigenvalue weighted by atomic mass is 9.97. The summed E-state index contributed by atoms with van der Waals surface area (Å²) in [5.74, 6) is -0.276. The van der Waals surface area contributed by atoms with Gasteiger partial charge in [0.15, 0.2) is 6.10 Å². The second kappa shape index (κ2) is 9.12. The average molecular weight is 362 g/mol. The van der Waals surface area contributed by atoms with Crippen molar-refractivity contribution in [2.75, 3.05) is 40.0 Å². The number of methoxy groups -OCH3 is 1. The standard InChI is InChI=1S/C19H26N2O5/c1-24-11-12-25-15-7-9-21(10-8-15)19(23)18-17(20-16(22)13-26-18)14-5-3-2-4-6-14/h2-6,15,17-18H,7-13H2,1H3,(H,20,22)/t17-,18+/m1/s1. The van der Waals surface area contributed by atoms with Gasteiger partial charge in [0, 0.05) is 20.2 Å². The van der Waals surface area contributed by atoms with E-state index in [1.165, 1.54) is 0 Å². The van der Waals surface area contributed by atoms with Crippen molar-refractivity contribution in [3.05, 3.63) is 35.9 Å². The second-order valence-corrected chi connectivity index (χ2v) is 6.58. The van der Waals surface area contributed by atoms with Gasteiger partial charge in [0.2, 0.25) is 5.91 Å². The van der Waals surface area contributed by atoms with E-state index in [0.29, 0.717) is 26.3 Å². The number of rotatable bonds is 6. The van der Waals surface area contributed by atoms with Crippen LogP contribution in [0.1, 0.15) is 24.4 Å². The lowest BCUT2D eigenvalue weighted by molar-refractivity contribution is -0.157. The molecule has 0 unspecified atom stereocenters. The highest BCUT2D eigenvalue weighted by molar-refractivity contribution is 5.86. The van der Waals surface area contributed by atoms with Crippen LogP contribution in [0.5, 0.6) is 0 Å². The zero-order valence-corrected chi connectivity index (χ0v) is 15.1. The van der Waals surface area contributed by atoms with Gasteiger partial charge in [-0.1, -0.05) is 30.3 Å². The molecule has 2 fully saturated rings. The van der Waals surface area contributed by atoms with Crippen molar-refractivity contribution >= 4 is 11.8 Å². The number of nitrogens with one attached hydrogen (secondary N) is 1. The molecule has 26 heavy (non-hydrogen) atoms. The van der Waals surface area contributed by atoms with Crippen LogP contribution < -0.4 is 5.32 Å². The fourth-order valence-corrected chi connectivity index (χ4v) is 3.41. The third-order valence-electron chi connectivity index (χ3n) is 4.81. The fraction of sp³-hybridized carbons (Fsp3) is 0.579. The molecule has 0 spiro atoms. The van der Waals surface area contributed by atoms with Gasteiger partial charge in [0.25, 0.3) is 5.91 Å². The van der Waals surface area contributed by atoms with Gasteiger partial charge in [-0.25, -0.2) is 0 Å². The summed E-state index contributed by atoms with van der Waals surface area (Å²) < 4.78 is 16.4. The highest BCUT2D eigenvalue weighted by Crippen LogP contribution is 2.25. The van der Waals surface area contributed by atoms with Crippen molar-refractivity contribution in [2.24, 2.45) is 0 Å². The number of carbonyl (C=O) groups excluding carboxylic acids is 2. The molecule has 142 valence electrons. The Kier molecular flexibility index (Phi) is 6.60. The molecule has 2 heterocycles. The number of ether oxygens (including phenoxy) is 3. The van der Waals surface area contributed by atoms with Gasteiger partial charge in [-0.05, 0) is 18.4 Å². The van der Waals surface area contributed by atoms with Gasteiger partial charge in [-0.3, -0.25) is 9.59 Å². The van der Waals surface area contributed by atoms with E-state index < -0.39 is 12.1 Å². The van der Waals surface area contributed by atoms with Crippen molar-refractivity contribution in [3.8, 4) is 0 Å². The number of piperidine rings is 1. The third-order valence-corrected chi connectivity index (χ3v) is 4.81. The lowest BCUT2D eigenvalue weighted by Gasteiger charge is -2.38. The highest BCUT2D eigenvalue weighted by atomic mass is 16.5. The van der Waals surface area contributed by atoms with Gasteiger partial charge in [-0.2, -0.15) is 0 Å². The normalized spacial score (nSPS) is 24.3. The molecule has 7 nitrogen and oxygen atoms in total. The highest BCUT2D eigenvalue weighted by Gasteiger charge is 2.39. The van der Waals surface area contributed by atoms with Crippen LogP contribution in [0.4, 0.5) is 0 Å². The molecule has 0 aliphatic carbocycles. The molecule has 2 amide bonds. The topological polar surface area (TPSA) is 77.1 Å². The maximum absolute atomic E-state index is 13.0. The van der Waals surface area contributed by atoms with E-state index >= 15 is 0 Å². The van der Waals surface area contributed by atoms with Crippen LogP contribution in [0.3, 0.4) is 0 Å². The predicted octanol–water partition coefficient (Wildman–Crippen LogP) is 0.897. The summed E-state index contributed by atoms with van der Waals surface area (Å²) >= 11 is 0. The van der Waals surface area contributed by atoms with E-state index in [0.717, 1.165) is 18.4 Å².